The molecule has 0 aromatic carbocycles. The Bertz CT molecular complexity index is 433. The van der Waals surface area contributed by atoms with E-state index in [0.717, 1.165) is 0 Å². The molecule has 0 radical (unpaired) electrons. The van der Waals surface area contributed by atoms with Crippen molar-refractivity contribution in [3.63, 3.8) is 0 Å². The molecule has 0 aliphatic heterocycles. The van der Waals surface area contributed by atoms with Crippen LogP contribution in [0.3, 0.4) is 0 Å². The monoisotopic (exact) mass is 296 g/mol. The van der Waals surface area contributed by atoms with Crippen molar-refractivity contribution in [2.45, 2.75) is 17.8 Å². The van der Waals surface area contributed by atoms with Gasteiger partial charge in [0.2, 0.25) is 0 Å². The molecule has 0 aliphatic carbocycles. The Morgan fingerprint density at radius 1 is 1.50 bits per heavy atom. The van der Waals surface area contributed by atoms with Crippen LogP contribution in [-0.4, -0.2) is 36.3 Å². The van der Waals surface area contributed by atoms with Crippen LogP contribution in [0, 0.1) is 0 Å². The molecule has 0 aliphatic rings. The Morgan fingerprint density at radius 3 is 2.22 bits per heavy atom. The van der Waals surface area contributed by atoms with Gasteiger partial charge in [-0.25, -0.2) is 0 Å². The molecule has 1 atom stereocenters. The van der Waals surface area contributed by atoms with Gasteiger partial charge in [-0.1, -0.05) is 6.58 Å². The molecule has 0 spiro atoms. The van der Waals surface area contributed by atoms with Gasteiger partial charge in [-0.05, 0) is 0 Å². The zero-order chi connectivity index (χ0) is 13.9. The zero-order valence-electron chi connectivity index (χ0n) is 9.13. The van der Waals surface area contributed by atoms with Crippen molar-refractivity contribution in [2.75, 3.05) is 0 Å². The molecule has 0 saturated carbocycles. The van der Waals surface area contributed by atoms with Gasteiger partial charge in [0.25, 0.3) is 10.1 Å². The first kappa shape index (κ1) is 19.8. The Hall–Kier alpha value is -0.550. The summed E-state index contributed by atoms with van der Waals surface area (Å²) in [5, 5.41) is 7.41. The fourth-order valence-electron chi connectivity index (χ4n) is 0.703. The van der Waals surface area contributed by atoms with Gasteiger partial charge in [-0.15, -0.1) is 0 Å². The summed E-state index contributed by atoms with van der Waals surface area (Å²) in [5.41, 5.74) is 0. The third-order valence-electron chi connectivity index (χ3n) is 1.45. The molecule has 98 valence electrons. The number of aliphatic carboxylic acids is 1. The zero-order valence-corrected chi connectivity index (χ0v) is 11.9. The summed E-state index contributed by atoms with van der Waals surface area (Å²) in [4.78, 5) is 21.0. The van der Waals surface area contributed by atoms with Crippen molar-refractivity contribution in [1.29, 1.82) is 0 Å². The number of halogens is 2. The largest absolute Gasteiger partial charge is 1.00 e. The smallest absolute Gasteiger partial charge is 0.550 e. The molecule has 0 amide bonds. The summed E-state index contributed by atoms with van der Waals surface area (Å²) < 4.78 is 58.0. The summed E-state index contributed by atoms with van der Waals surface area (Å²) in [5.74, 6) is -4.16. The molecule has 0 rings (SSSR count). The summed E-state index contributed by atoms with van der Waals surface area (Å²) >= 11 is 0. The number of carboxylic acids is 1. The van der Waals surface area contributed by atoms with E-state index < -0.39 is 39.8 Å². The van der Waals surface area contributed by atoms with Crippen molar-refractivity contribution in [2.24, 2.45) is 0 Å². The van der Waals surface area contributed by atoms with E-state index in [2.05, 4.69) is 11.3 Å². The Labute approximate surface area is 123 Å². The van der Waals surface area contributed by atoms with Gasteiger partial charge in [-0.3, -0.25) is 9.35 Å². The first-order valence-electron chi connectivity index (χ1n) is 3.90. The molecule has 11 heteroatoms. The molecule has 18 heavy (non-hydrogen) atoms. The third kappa shape index (κ3) is 7.01. The average molecular weight is 296 g/mol. The number of carbonyl (C=O) groups excluding carboxylic acids is 2. The molecule has 0 aromatic heterocycles. The fourth-order valence-corrected chi connectivity index (χ4v) is 1.34. The van der Waals surface area contributed by atoms with Gasteiger partial charge in [0.15, 0.2) is 5.25 Å². The summed E-state index contributed by atoms with van der Waals surface area (Å²) in [6, 6.07) is 0. The second-order valence-corrected chi connectivity index (χ2v) is 4.37. The molecule has 0 bridgehead atoms. The fraction of sp³-hybridized carbons (Fsp3) is 0.429. The molecule has 0 saturated heterocycles. The topological polar surface area (TPSA) is 121 Å². The summed E-state index contributed by atoms with van der Waals surface area (Å²) in [6.07, 6.45) is -5.79. The van der Waals surface area contributed by atoms with Crippen LogP contribution < -0.4 is 34.7 Å². The van der Waals surface area contributed by atoms with E-state index in [-0.39, 0.29) is 35.6 Å². The Morgan fingerprint density at radius 2 is 1.94 bits per heavy atom. The second-order valence-electron chi connectivity index (χ2n) is 2.77. The molecular formula is C7H7F2NaO7S. The van der Waals surface area contributed by atoms with Crippen LogP contribution in [-0.2, 0) is 24.4 Å². The van der Waals surface area contributed by atoms with Crippen molar-refractivity contribution in [3.05, 3.63) is 12.7 Å². The van der Waals surface area contributed by atoms with Crippen molar-refractivity contribution < 1.29 is 70.7 Å². The maximum Gasteiger partial charge on any atom is 1.00 e. The number of hydrogen-bond acceptors (Lipinski definition) is 6. The number of ether oxygens (including phenoxy) is 1. The first-order chi connectivity index (χ1) is 7.49. The Balaban J connectivity index is 0. The van der Waals surface area contributed by atoms with E-state index in [0.29, 0.717) is 0 Å². The SMILES string of the molecule is C=CC(F)(F)OC(=O)C(CC(=O)[O-])S(=O)(=O)O.[Na+]. The van der Waals surface area contributed by atoms with E-state index in [4.69, 9.17) is 4.55 Å². The molecule has 7 nitrogen and oxygen atoms in total. The van der Waals surface area contributed by atoms with Crippen LogP contribution >= 0.6 is 0 Å². The number of alkyl halides is 2. The van der Waals surface area contributed by atoms with Gasteiger partial charge in [-0.2, -0.15) is 17.2 Å². The number of carboxylic acid groups (broad SMARTS) is 1. The van der Waals surface area contributed by atoms with Crippen molar-refractivity contribution in [1.82, 2.24) is 0 Å². The van der Waals surface area contributed by atoms with E-state index >= 15 is 0 Å². The van der Waals surface area contributed by atoms with Crippen LogP contribution in [0.25, 0.3) is 0 Å². The van der Waals surface area contributed by atoms with Crippen LogP contribution in [0.2, 0.25) is 0 Å². The molecular weight excluding hydrogens is 289 g/mol. The molecule has 0 heterocycles. The van der Waals surface area contributed by atoms with Gasteiger partial charge in [0, 0.05) is 18.5 Å². The van der Waals surface area contributed by atoms with E-state index in [1.807, 2.05) is 0 Å². The minimum Gasteiger partial charge on any atom is -0.550 e. The minimum absolute atomic E-state index is 0. The van der Waals surface area contributed by atoms with Crippen LogP contribution in [0.5, 0.6) is 0 Å². The van der Waals surface area contributed by atoms with Crippen molar-refractivity contribution in [3.8, 4) is 0 Å². The first-order valence-corrected chi connectivity index (χ1v) is 5.40. The number of hydrogen-bond donors (Lipinski definition) is 1. The van der Waals surface area contributed by atoms with E-state index in [1.165, 1.54) is 0 Å². The molecule has 1 N–H and O–H groups in total. The van der Waals surface area contributed by atoms with Gasteiger partial charge < -0.3 is 14.6 Å². The summed E-state index contributed by atoms with van der Waals surface area (Å²) in [7, 11) is -5.20. The number of carbonyl (C=O) groups is 2. The third-order valence-corrected chi connectivity index (χ3v) is 2.53. The number of esters is 1. The summed E-state index contributed by atoms with van der Waals surface area (Å²) in [6.45, 7) is 2.60. The normalized spacial score (nSPS) is 13.1. The molecule has 1 unspecified atom stereocenters. The predicted molar refractivity (Wildman–Crippen MR) is 46.2 cm³/mol. The minimum atomic E-state index is -5.20. The van der Waals surface area contributed by atoms with E-state index in [1.54, 1.807) is 0 Å². The maximum atomic E-state index is 12.5. The van der Waals surface area contributed by atoms with Crippen LogP contribution in [0.4, 0.5) is 8.78 Å². The number of rotatable bonds is 6. The van der Waals surface area contributed by atoms with Crippen molar-refractivity contribution >= 4 is 22.1 Å². The van der Waals surface area contributed by atoms with Crippen LogP contribution in [0.15, 0.2) is 12.7 Å². The second kappa shape index (κ2) is 7.14. The Kier molecular flexibility index (Phi) is 7.85. The maximum absolute atomic E-state index is 12.5. The van der Waals surface area contributed by atoms with E-state index in [9.17, 15) is 31.9 Å². The van der Waals surface area contributed by atoms with Gasteiger partial charge in [0.05, 0.1) is 0 Å². The standard InChI is InChI=1S/C7H8F2O7S.Na/c1-2-7(8,9)16-6(12)4(3-5(10)11)17(13,14)15;/h2,4H,1,3H2,(H,10,11)(H,13,14,15);/q;+1/p-1. The molecule has 0 fully saturated rings. The molecule has 0 aromatic rings. The quantitative estimate of drug-likeness (QED) is 0.228. The predicted octanol–water partition coefficient (Wildman–Crippen LogP) is -4.29. The van der Waals surface area contributed by atoms with Gasteiger partial charge >= 0.3 is 41.6 Å². The average Bonchev–Trinajstić information content (AvgIpc) is 2.11. The van der Waals surface area contributed by atoms with Gasteiger partial charge in [0.1, 0.15) is 0 Å². The van der Waals surface area contributed by atoms with Crippen LogP contribution in [0.1, 0.15) is 6.42 Å².